The first-order chi connectivity index (χ1) is 9.17. The Hall–Kier alpha value is -2.37. The van der Waals surface area contributed by atoms with Gasteiger partial charge in [0, 0.05) is 12.1 Å². The maximum atomic E-state index is 11.7. The Morgan fingerprint density at radius 2 is 2.21 bits per heavy atom. The molecule has 2 aromatic heterocycles. The SMILES string of the molecule is CCc1cnc(CNC(=O)Cc2ccc(N)cn2)o1. The van der Waals surface area contributed by atoms with Crippen LogP contribution in [0.25, 0.3) is 0 Å². The van der Waals surface area contributed by atoms with Crippen molar-refractivity contribution in [1.82, 2.24) is 15.3 Å². The van der Waals surface area contributed by atoms with Crippen molar-refractivity contribution in [3.05, 3.63) is 41.9 Å². The second kappa shape index (κ2) is 5.99. The standard InChI is InChI=1S/C13H16N4O2/c1-2-11-7-17-13(19-11)8-16-12(18)5-10-4-3-9(14)6-15-10/h3-4,6-7H,2,5,8,14H2,1H3,(H,16,18). The summed E-state index contributed by atoms with van der Waals surface area (Å²) in [6.07, 6.45) is 4.20. The highest BCUT2D eigenvalue weighted by Gasteiger charge is 2.07. The highest BCUT2D eigenvalue weighted by molar-refractivity contribution is 5.78. The summed E-state index contributed by atoms with van der Waals surface area (Å²) in [6, 6.07) is 3.45. The fourth-order valence-electron chi connectivity index (χ4n) is 1.53. The molecule has 19 heavy (non-hydrogen) atoms. The summed E-state index contributed by atoms with van der Waals surface area (Å²) in [6.45, 7) is 2.27. The number of oxazole rings is 1. The first-order valence-electron chi connectivity index (χ1n) is 6.08. The van der Waals surface area contributed by atoms with Crippen LogP contribution in [0.3, 0.4) is 0 Å². The zero-order chi connectivity index (χ0) is 13.7. The van der Waals surface area contributed by atoms with Crippen molar-refractivity contribution >= 4 is 11.6 Å². The molecule has 100 valence electrons. The van der Waals surface area contributed by atoms with Gasteiger partial charge in [-0.05, 0) is 12.1 Å². The van der Waals surface area contributed by atoms with Crippen LogP contribution in [0.1, 0.15) is 24.3 Å². The van der Waals surface area contributed by atoms with Crippen molar-refractivity contribution in [2.45, 2.75) is 26.3 Å². The molecule has 0 aromatic carbocycles. The number of carbonyl (C=O) groups excluding carboxylic acids is 1. The van der Waals surface area contributed by atoms with E-state index in [1.54, 1.807) is 18.3 Å². The maximum absolute atomic E-state index is 11.7. The maximum Gasteiger partial charge on any atom is 0.226 e. The summed E-state index contributed by atoms with van der Waals surface area (Å²) in [4.78, 5) is 19.8. The number of aromatic nitrogens is 2. The molecule has 0 atom stereocenters. The van der Waals surface area contributed by atoms with Gasteiger partial charge in [-0.3, -0.25) is 9.78 Å². The number of nitrogens with zero attached hydrogens (tertiary/aromatic N) is 2. The smallest absolute Gasteiger partial charge is 0.226 e. The molecular weight excluding hydrogens is 244 g/mol. The molecule has 0 saturated carbocycles. The first kappa shape index (κ1) is 13.1. The van der Waals surface area contributed by atoms with Crippen molar-refractivity contribution in [1.29, 1.82) is 0 Å². The van der Waals surface area contributed by atoms with Gasteiger partial charge in [-0.1, -0.05) is 6.92 Å². The Kier molecular flexibility index (Phi) is 4.12. The van der Waals surface area contributed by atoms with Crippen LogP contribution in [-0.4, -0.2) is 15.9 Å². The van der Waals surface area contributed by atoms with E-state index in [-0.39, 0.29) is 18.9 Å². The van der Waals surface area contributed by atoms with Crippen LogP contribution in [0.5, 0.6) is 0 Å². The number of hydrogen-bond donors (Lipinski definition) is 2. The molecule has 6 nitrogen and oxygen atoms in total. The van der Waals surface area contributed by atoms with Gasteiger partial charge in [0.2, 0.25) is 11.8 Å². The topological polar surface area (TPSA) is 94.0 Å². The molecule has 0 unspecified atom stereocenters. The van der Waals surface area contributed by atoms with Crippen LogP contribution >= 0.6 is 0 Å². The first-order valence-corrected chi connectivity index (χ1v) is 6.08. The van der Waals surface area contributed by atoms with E-state index in [9.17, 15) is 4.79 Å². The lowest BCUT2D eigenvalue weighted by Gasteiger charge is -2.02. The van der Waals surface area contributed by atoms with Crippen molar-refractivity contribution in [3.8, 4) is 0 Å². The summed E-state index contributed by atoms with van der Waals surface area (Å²) >= 11 is 0. The normalized spacial score (nSPS) is 10.4. The number of amides is 1. The van der Waals surface area contributed by atoms with Crippen LogP contribution in [0.15, 0.2) is 28.9 Å². The number of nitrogen functional groups attached to an aromatic ring is 1. The van der Waals surface area contributed by atoms with Gasteiger partial charge in [-0.15, -0.1) is 0 Å². The van der Waals surface area contributed by atoms with Gasteiger partial charge in [0.05, 0.1) is 31.0 Å². The van der Waals surface area contributed by atoms with Crippen molar-refractivity contribution in [2.24, 2.45) is 0 Å². The number of aryl methyl sites for hydroxylation is 1. The third kappa shape index (κ3) is 3.80. The molecule has 0 aliphatic carbocycles. The Bertz CT molecular complexity index is 548. The van der Waals surface area contributed by atoms with Gasteiger partial charge in [0.1, 0.15) is 5.76 Å². The number of hydrogen-bond acceptors (Lipinski definition) is 5. The van der Waals surface area contributed by atoms with E-state index >= 15 is 0 Å². The Balaban J connectivity index is 1.82. The Morgan fingerprint density at radius 3 is 2.84 bits per heavy atom. The molecule has 0 aliphatic heterocycles. The molecule has 0 spiro atoms. The van der Waals surface area contributed by atoms with Crippen LogP contribution in [-0.2, 0) is 24.2 Å². The van der Waals surface area contributed by atoms with Crippen LogP contribution in [0.2, 0.25) is 0 Å². The van der Waals surface area contributed by atoms with Crippen molar-refractivity contribution in [3.63, 3.8) is 0 Å². The summed E-state index contributed by atoms with van der Waals surface area (Å²) in [5.74, 6) is 1.19. The molecule has 0 bridgehead atoms. The zero-order valence-electron chi connectivity index (χ0n) is 10.7. The van der Waals surface area contributed by atoms with Crippen LogP contribution < -0.4 is 11.1 Å². The molecule has 3 N–H and O–H groups in total. The number of carbonyl (C=O) groups is 1. The van der Waals surface area contributed by atoms with Crippen LogP contribution in [0.4, 0.5) is 5.69 Å². The summed E-state index contributed by atoms with van der Waals surface area (Å²) in [5, 5.41) is 2.73. The molecular formula is C13H16N4O2. The predicted molar refractivity (Wildman–Crippen MR) is 70.1 cm³/mol. The van der Waals surface area contributed by atoms with Gasteiger partial charge in [0.25, 0.3) is 0 Å². The number of nitrogens with one attached hydrogen (secondary N) is 1. The minimum atomic E-state index is -0.131. The fourth-order valence-corrected chi connectivity index (χ4v) is 1.53. The zero-order valence-corrected chi connectivity index (χ0v) is 10.7. The Labute approximate surface area is 111 Å². The van der Waals surface area contributed by atoms with E-state index in [0.29, 0.717) is 17.3 Å². The minimum absolute atomic E-state index is 0.131. The number of pyridine rings is 1. The summed E-state index contributed by atoms with van der Waals surface area (Å²) in [5.41, 5.74) is 6.78. The molecule has 6 heteroatoms. The van der Waals surface area contributed by atoms with Gasteiger partial charge in [-0.2, -0.15) is 0 Å². The van der Waals surface area contributed by atoms with E-state index in [2.05, 4.69) is 15.3 Å². The summed E-state index contributed by atoms with van der Waals surface area (Å²) in [7, 11) is 0. The average molecular weight is 260 g/mol. The monoisotopic (exact) mass is 260 g/mol. The lowest BCUT2D eigenvalue weighted by Crippen LogP contribution is -2.25. The lowest BCUT2D eigenvalue weighted by molar-refractivity contribution is -0.120. The predicted octanol–water partition coefficient (Wildman–Crippen LogP) is 1.07. The van der Waals surface area contributed by atoms with Gasteiger partial charge in [-0.25, -0.2) is 4.98 Å². The van der Waals surface area contributed by atoms with Gasteiger partial charge in [0.15, 0.2) is 0 Å². The largest absolute Gasteiger partial charge is 0.444 e. The molecule has 0 fully saturated rings. The molecule has 0 aliphatic rings. The highest BCUT2D eigenvalue weighted by atomic mass is 16.4. The molecule has 2 aromatic rings. The van der Waals surface area contributed by atoms with E-state index in [0.717, 1.165) is 12.2 Å². The van der Waals surface area contributed by atoms with E-state index < -0.39 is 0 Å². The molecule has 0 radical (unpaired) electrons. The number of rotatable bonds is 5. The number of anilines is 1. The minimum Gasteiger partial charge on any atom is -0.444 e. The van der Waals surface area contributed by atoms with Gasteiger partial charge < -0.3 is 15.5 Å². The number of nitrogens with two attached hydrogens (primary N) is 1. The Morgan fingerprint density at radius 1 is 1.37 bits per heavy atom. The highest BCUT2D eigenvalue weighted by Crippen LogP contribution is 2.04. The fraction of sp³-hybridized carbons (Fsp3) is 0.308. The lowest BCUT2D eigenvalue weighted by atomic mass is 10.2. The molecule has 2 heterocycles. The third-order valence-corrected chi connectivity index (χ3v) is 2.58. The second-order valence-electron chi connectivity index (χ2n) is 4.11. The van der Waals surface area contributed by atoms with E-state index in [1.165, 1.54) is 6.20 Å². The average Bonchev–Trinajstić information content (AvgIpc) is 2.87. The second-order valence-corrected chi connectivity index (χ2v) is 4.11. The third-order valence-electron chi connectivity index (χ3n) is 2.58. The van der Waals surface area contributed by atoms with Crippen LogP contribution in [0, 0.1) is 0 Å². The van der Waals surface area contributed by atoms with Gasteiger partial charge >= 0.3 is 0 Å². The van der Waals surface area contributed by atoms with Crippen molar-refractivity contribution in [2.75, 3.05) is 5.73 Å². The molecule has 0 saturated heterocycles. The molecule has 1 amide bonds. The van der Waals surface area contributed by atoms with Crippen molar-refractivity contribution < 1.29 is 9.21 Å². The molecule has 2 rings (SSSR count). The summed E-state index contributed by atoms with van der Waals surface area (Å²) < 4.78 is 5.39. The quantitative estimate of drug-likeness (QED) is 0.838. The van der Waals surface area contributed by atoms with E-state index in [1.807, 2.05) is 6.92 Å². The van der Waals surface area contributed by atoms with E-state index in [4.69, 9.17) is 10.2 Å².